The number of carbonyl (C=O) groups is 1. The van der Waals surface area contributed by atoms with Crippen LogP contribution in [0.25, 0.3) is 0 Å². The molecule has 1 atom stereocenters. The molecule has 2 aromatic rings. The fraction of sp³-hybridized carbons (Fsp3) is 0.389. The zero-order valence-corrected chi connectivity index (χ0v) is 16.4. The number of thiophene rings is 1. The molecule has 1 aromatic carbocycles. The van der Waals surface area contributed by atoms with Gasteiger partial charge in [-0.05, 0) is 45.6 Å². The summed E-state index contributed by atoms with van der Waals surface area (Å²) >= 11 is 5.15. The number of morpholine rings is 1. The lowest BCUT2D eigenvalue weighted by molar-refractivity contribution is 0.0169. The number of nitrogens with one attached hydrogen (secondary N) is 1. The monoisotopic (exact) mass is 424 g/mol. The summed E-state index contributed by atoms with van der Waals surface area (Å²) in [5, 5.41) is 5.15. The van der Waals surface area contributed by atoms with E-state index in [9.17, 15) is 4.79 Å². The van der Waals surface area contributed by atoms with Crippen LogP contribution in [0.15, 0.2) is 40.2 Å². The van der Waals surface area contributed by atoms with Gasteiger partial charge in [0.05, 0.1) is 30.8 Å². The summed E-state index contributed by atoms with van der Waals surface area (Å²) in [6.45, 7) is 3.81. The van der Waals surface area contributed by atoms with Gasteiger partial charge in [-0.25, -0.2) is 0 Å². The predicted molar refractivity (Wildman–Crippen MR) is 102 cm³/mol. The van der Waals surface area contributed by atoms with Crippen LogP contribution >= 0.6 is 27.3 Å². The zero-order chi connectivity index (χ0) is 17.6. The summed E-state index contributed by atoms with van der Waals surface area (Å²) in [7, 11) is 1.60. The maximum atomic E-state index is 12.5. The summed E-state index contributed by atoms with van der Waals surface area (Å²) in [5.41, 5.74) is 0.611. The molecule has 1 amide bonds. The molecule has 1 saturated heterocycles. The molecule has 2 heterocycles. The summed E-state index contributed by atoms with van der Waals surface area (Å²) in [6, 6.07) is 9.69. The van der Waals surface area contributed by atoms with E-state index in [-0.39, 0.29) is 11.9 Å². The van der Waals surface area contributed by atoms with Gasteiger partial charge in [0.1, 0.15) is 5.75 Å². The van der Waals surface area contributed by atoms with Crippen molar-refractivity contribution in [1.29, 1.82) is 0 Å². The minimum absolute atomic E-state index is 0.0850. The second kappa shape index (κ2) is 8.80. The molecule has 1 unspecified atom stereocenters. The lowest BCUT2D eigenvalue weighted by atomic mass is 10.1. The van der Waals surface area contributed by atoms with Crippen LogP contribution < -0.4 is 10.1 Å². The lowest BCUT2D eigenvalue weighted by Gasteiger charge is -2.34. The molecule has 0 bridgehead atoms. The van der Waals surface area contributed by atoms with Crippen LogP contribution in [0, 0.1) is 0 Å². The minimum Gasteiger partial charge on any atom is -0.496 e. The van der Waals surface area contributed by atoms with Crippen molar-refractivity contribution in [2.45, 2.75) is 6.04 Å². The van der Waals surface area contributed by atoms with Crippen molar-refractivity contribution in [3.05, 3.63) is 50.6 Å². The molecule has 5 nitrogen and oxygen atoms in total. The van der Waals surface area contributed by atoms with E-state index in [2.05, 4.69) is 43.7 Å². The Kier molecular flexibility index (Phi) is 6.47. The molecule has 1 aliphatic heterocycles. The van der Waals surface area contributed by atoms with Gasteiger partial charge in [-0.15, -0.1) is 11.3 Å². The summed E-state index contributed by atoms with van der Waals surface area (Å²) in [6.07, 6.45) is 0. The van der Waals surface area contributed by atoms with Gasteiger partial charge in [0.2, 0.25) is 0 Å². The highest BCUT2D eigenvalue weighted by Gasteiger charge is 2.24. The SMILES string of the molecule is COc1ccc(C(=O)NCC(c2cccs2)N2CCOCC2)cc1Br. The third-order valence-electron chi connectivity index (χ3n) is 4.23. The second-order valence-corrected chi connectivity index (χ2v) is 7.57. The molecule has 25 heavy (non-hydrogen) atoms. The maximum absolute atomic E-state index is 12.5. The first kappa shape index (κ1) is 18.4. The van der Waals surface area contributed by atoms with E-state index in [4.69, 9.17) is 9.47 Å². The van der Waals surface area contributed by atoms with Gasteiger partial charge >= 0.3 is 0 Å². The maximum Gasteiger partial charge on any atom is 0.251 e. The van der Waals surface area contributed by atoms with E-state index in [1.54, 1.807) is 36.6 Å². The highest BCUT2D eigenvalue weighted by molar-refractivity contribution is 9.10. The third kappa shape index (κ3) is 4.61. The van der Waals surface area contributed by atoms with E-state index in [0.717, 1.165) is 30.8 Å². The highest BCUT2D eigenvalue weighted by atomic mass is 79.9. The van der Waals surface area contributed by atoms with Crippen molar-refractivity contribution in [2.24, 2.45) is 0 Å². The minimum atomic E-state index is -0.0850. The number of hydrogen-bond acceptors (Lipinski definition) is 5. The fourth-order valence-corrected chi connectivity index (χ4v) is 4.28. The van der Waals surface area contributed by atoms with Gasteiger partial charge in [-0.2, -0.15) is 0 Å². The number of amides is 1. The number of ether oxygens (including phenoxy) is 2. The van der Waals surface area contributed by atoms with E-state index in [1.165, 1.54) is 4.88 Å². The Labute approximate surface area is 160 Å². The van der Waals surface area contributed by atoms with Crippen LogP contribution in [0.3, 0.4) is 0 Å². The standard InChI is InChI=1S/C18H21BrN2O3S/c1-23-16-5-4-13(11-14(16)19)18(22)20-12-15(17-3-2-10-25-17)21-6-8-24-9-7-21/h2-5,10-11,15H,6-9,12H2,1H3,(H,20,22). The van der Waals surface area contributed by atoms with E-state index < -0.39 is 0 Å². The van der Waals surface area contributed by atoms with Crippen molar-refractivity contribution >= 4 is 33.2 Å². The smallest absolute Gasteiger partial charge is 0.251 e. The Morgan fingerprint density at radius 3 is 2.84 bits per heavy atom. The van der Waals surface area contributed by atoms with Gasteiger partial charge in [-0.1, -0.05) is 6.07 Å². The Hall–Kier alpha value is -1.41. The van der Waals surface area contributed by atoms with Crippen LogP contribution in [0.1, 0.15) is 21.3 Å². The molecular formula is C18H21BrN2O3S. The average molecular weight is 425 g/mol. The van der Waals surface area contributed by atoms with Crippen LogP contribution in [-0.2, 0) is 4.74 Å². The van der Waals surface area contributed by atoms with E-state index >= 15 is 0 Å². The molecule has 1 aromatic heterocycles. The van der Waals surface area contributed by atoms with Crippen LogP contribution in [0.4, 0.5) is 0 Å². The lowest BCUT2D eigenvalue weighted by Crippen LogP contribution is -2.43. The van der Waals surface area contributed by atoms with Crippen LogP contribution in [-0.4, -0.2) is 50.8 Å². The molecule has 0 aliphatic carbocycles. The topological polar surface area (TPSA) is 50.8 Å². The van der Waals surface area contributed by atoms with Crippen LogP contribution in [0.2, 0.25) is 0 Å². The molecular weight excluding hydrogens is 404 g/mol. The summed E-state index contributed by atoms with van der Waals surface area (Å²) < 4.78 is 11.4. The Morgan fingerprint density at radius 1 is 1.40 bits per heavy atom. The largest absolute Gasteiger partial charge is 0.496 e. The first-order chi connectivity index (χ1) is 12.2. The number of benzene rings is 1. The predicted octanol–water partition coefficient (Wildman–Crippen LogP) is 3.32. The normalized spacial score (nSPS) is 16.4. The quantitative estimate of drug-likeness (QED) is 0.772. The Balaban J connectivity index is 1.68. The molecule has 0 radical (unpaired) electrons. The zero-order valence-electron chi connectivity index (χ0n) is 14.0. The van der Waals surface area contributed by atoms with Crippen molar-refractivity contribution in [1.82, 2.24) is 10.2 Å². The Bertz CT molecular complexity index is 702. The van der Waals surface area contributed by atoms with Crippen molar-refractivity contribution < 1.29 is 14.3 Å². The van der Waals surface area contributed by atoms with Crippen LogP contribution in [0.5, 0.6) is 5.75 Å². The third-order valence-corrected chi connectivity index (χ3v) is 5.82. The number of carbonyl (C=O) groups excluding carboxylic acids is 1. The Morgan fingerprint density at radius 2 is 2.20 bits per heavy atom. The number of methoxy groups -OCH3 is 1. The van der Waals surface area contributed by atoms with E-state index in [0.29, 0.717) is 17.9 Å². The molecule has 0 spiro atoms. The summed E-state index contributed by atoms with van der Waals surface area (Å²) in [5.74, 6) is 0.625. The number of nitrogens with zero attached hydrogens (tertiary/aromatic N) is 1. The van der Waals surface area contributed by atoms with Gasteiger partial charge < -0.3 is 14.8 Å². The van der Waals surface area contributed by atoms with Crippen molar-refractivity contribution in [3.63, 3.8) is 0 Å². The highest BCUT2D eigenvalue weighted by Crippen LogP contribution is 2.27. The molecule has 1 N–H and O–H groups in total. The molecule has 0 saturated carbocycles. The number of rotatable bonds is 6. The van der Waals surface area contributed by atoms with E-state index in [1.807, 2.05) is 0 Å². The summed E-state index contributed by atoms with van der Waals surface area (Å²) in [4.78, 5) is 16.2. The van der Waals surface area contributed by atoms with Gasteiger partial charge in [0.25, 0.3) is 5.91 Å². The molecule has 3 rings (SSSR count). The van der Waals surface area contributed by atoms with Crippen molar-refractivity contribution in [2.75, 3.05) is 40.0 Å². The molecule has 1 aliphatic rings. The molecule has 7 heteroatoms. The molecule has 1 fully saturated rings. The van der Waals surface area contributed by atoms with Gasteiger partial charge in [0, 0.05) is 30.1 Å². The fourth-order valence-electron chi connectivity index (χ4n) is 2.88. The molecule has 134 valence electrons. The van der Waals surface area contributed by atoms with Crippen molar-refractivity contribution in [3.8, 4) is 5.75 Å². The van der Waals surface area contributed by atoms with Gasteiger partial charge in [0.15, 0.2) is 0 Å². The average Bonchev–Trinajstić information content (AvgIpc) is 3.17. The number of halogens is 1. The van der Waals surface area contributed by atoms with Gasteiger partial charge in [-0.3, -0.25) is 9.69 Å². The second-order valence-electron chi connectivity index (χ2n) is 5.74. The first-order valence-corrected chi connectivity index (χ1v) is 9.83. The first-order valence-electron chi connectivity index (χ1n) is 8.16. The number of hydrogen-bond donors (Lipinski definition) is 1.